The summed E-state index contributed by atoms with van der Waals surface area (Å²) in [5.74, 6) is 0.107. The summed E-state index contributed by atoms with van der Waals surface area (Å²) in [4.78, 5) is 12.4. The lowest BCUT2D eigenvalue weighted by Crippen LogP contribution is -2.34. The average Bonchev–Trinajstić information content (AvgIpc) is 2.54. The molecule has 0 radical (unpaired) electrons. The van der Waals surface area contributed by atoms with Crippen LogP contribution in [0.1, 0.15) is 45.1 Å². The molecular weight excluding hydrogens is 304 g/mol. The first-order chi connectivity index (χ1) is 11.5. The van der Waals surface area contributed by atoms with Crippen LogP contribution in [0.5, 0.6) is 0 Å². The predicted octanol–water partition coefficient (Wildman–Crippen LogP) is 3.08. The molecule has 1 amide bonds. The molecule has 134 valence electrons. The van der Waals surface area contributed by atoms with Crippen molar-refractivity contribution in [3.8, 4) is 0 Å². The predicted molar refractivity (Wildman–Crippen MR) is 95.7 cm³/mol. The van der Waals surface area contributed by atoms with E-state index in [0.29, 0.717) is 19.8 Å². The molecule has 1 aromatic carbocycles. The zero-order chi connectivity index (χ0) is 17.4. The highest BCUT2D eigenvalue weighted by Gasteiger charge is 2.25. The Morgan fingerprint density at radius 2 is 2.17 bits per heavy atom. The molecule has 0 heterocycles. The van der Waals surface area contributed by atoms with Gasteiger partial charge in [-0.3, -0.25) is 4.79 Å². The van der Waals surface area contributed by atoms with Crippen LogP contribution >= 0.6 is 0 Å². The first-order valence-corrected chi connectivity index (χ1v) is 8.89. The van der Waals surface area contributed by atoms with Crippen LogP contribution < -0.4 is 11.1 Å². The molecule has 0 aromatic heterocycles. The SMILES string of the molecule is CC(C)OCCOCc1cccc(NC(=O)C2CCCC(N)C2)c1. The van der Waals surface area contributed by atoms with Crippen molar-refractivity contribution < 1.29 is 14.3 Å². The first kappa shape index (κ1) is 18.9. The smallest absolute Gasteiger partial charge is 0.227 e. The third kappa shape index (κ3) is 6.59. The zero-order valence-electron chi connectivity index (χ0n) is 14.8. The monoisotopic (exact) mass is 334 g/mol. The van der Waals surface area contributed by atoms with E-state index in [1.807, 2.05) is 38.1 Å². The van der Waals surface area contributed by atoms with Gasteiger partial charge in [0.1, 0.15) is 0 Å². The third-order valence-electron chi connectivity index (χ3n) is 4.23. The lowest BCUT2D eigenvalue weighted by molar-refractivity contribution is -0.120. The molecule has 3 N–H and O–H groups in total. The van der Waals surface area contributed by atoms with E-state index < -0.39 is 0 Å². The van der Waals surface area contributed by atoms with E-state index >= 15 is 0 Å². The summed E-state index contributed by atoms with van der Waals surface area (Å²) >= 11 is 0. The molecule has 24 heavy (non-hydrogen) atoms. The molecule has 1 aromatic rings. The molecule has 1 aliphatic rings. The number of benzene rings is 1. The van der Waals surface area contributed by atoms with Crippen molar-refractivity contribution in [2.45, 2.75) is 58.3 Å². The van der Waals surface area contributed by atoms with Gasteiger partial charge in [-0.25, -0.2) is 0 Å². The molecule has 1 aliphatic carbocycles. The minimum absolute atomic E-state index is 0.0295. The average molecular weight is 334 g/mol. The number of ether oxygens (including phenoxy) is 2. The van der Waals surface area contributed by atoms with E-state index in [9.17, 15) is 4.79 Å². The highest BCUT2D eigenvalue weighted by molar-refractivity contribution is 5.92. The number of nitrogens with one attached hydrogen (secondary N) is 1. The molecule has 0 saturated heterocycles. The van der Waals surface area contributed by atoms with E-state index in [1.54, 1.807) is 0 Å². The molecule has 2 rings (SSSR count). The summed E-state index contributed by atoms with van der Waals surface area (Å²) in [6, 6.07) is 7.96. The van der Waals surface area contributed by atoms with Crippen LogP contribution in [0.3, 0.4) is 0 Å². The fourth-order valence-corrected chi connectivity index (χ4v) is 2.98. The molecule has 2 atom stereocenters. The van der Waals surface area contributed by atoms with Gasteiger partial charge in [-0.2, -0.15) is 0 Å². The Balaban J connectivity index is 1.78. The van der Waals surface area contributed by atoms with Gasteiger partial charge >= 0.3 is 0 Å². The molecule has 1 saturated carbocycles. The van der Waals surface area contributed by atoms with Crippen LogP contribution in [0.15, 0.2) is 24.3 Å². The number of carbonyl (C=O) groups is 1. The molecule has 5 heteroatoms. The minimum Gasteiger partial charge on any atom is -0.376 e. The van der Waals surface area contributed by atoms with Gasteiger partial charge in [-0.05, 0) is 50.8 Å². The largest absolute Gasteiger partial charge is 0.376 e. The number of amides is 1. The number of rotatable bonds is 8. The maximum absolute atomic E-state index is 12.4. The number of anilines is 1. The van der Waals surface area contributed by atoms with Crippen molar-refractivity contribution in [2.24, 2.45) is 11.7 Å². The van der Waals surface area contributed by atoms with Gasteiger partial charge in [0, 0.05) is 17.6 Å². The Labute approximate surface area is 144 Å². The van der Waals surface area contributed by atoms with Gasteiger partial charge in [-0.15, -0.1) is 0 Å². The maximum Gasteiger partial charge on any atom is 0.227 e. The van der Waals surface area contributed by atoms with Gasteiger partial charge in [0.05, 0.1) is 25.9 Å². The Kier molecular flexibility index (Phi) is 7.69. The van der Waals surface area contributed by atoms with Crippen LogP contribution in [0.25, 0.3) is 0 Å². The van der Waals surface area contributed by atoms with Crippen LogP contribution in [0.2, 0.25) is 0 Å². The van der Waals surface area contributed by atoms with E-state index in [4.69, 9.17) is 15.2 Å². The maximum atomic E-state index is 12.4. The van der Waals surface area contributed by atoms with Gasteiger partial charge in [0.2, 0.25) is 5.91 Å². The summed E-state index contributed by atoms with van der Waals surface area (Å²) < 4.78 is 11.0. The Morgan fingerprint density at radius 1 is 1.33 bits per heavy atom. The van der Waals surface area contributed by atoms with Crippen molar-refractivity contribution in [3.05, 3.63) is 29.8 Å². The molecule has 0 aliphatic heterocycles. The van der Waals surface area contributed by atoms with Crippen LogP contribution in [0.4, 0.5) is 5.69 Å². The van der Waals surface area contributed by atoms with E-state index in [-0.39, 0.29) is 24.0 Å². The normalized spacial score (nSPS) is 21.0. The van der Waals surface area contributed by atoms with E-state index in [0.717, 1.165) is 36.9 Å². The van der Waals surface area contributed by atoms with Crippen molar-refractivity contribution in [3.63, 3.8) is 0 Å². The number of hydrogen-bond donors (Lipinski definition) is 2. The standard InChI is InChI=1S/C19H30N2O3/c1-14(2)24-10-9-23-13-15-5-3-8-18(11-15)21-19(22)16-6-4-7-17(20)12-16/h3,5,8,11,14,16-17H,4,6-7,9-10,12-13,20H2,1-2H3,(H,21,22). The summed E-state index contributed by atoms with van der Waals surface area (Å²) in [7, 11) is 0. The van der Waals surface area contributed by atoms with Crippen LogP contribution in [-0.4, -0.2) is 31.3 Å². The lowest BCUT2D eigenvalue weighted by Gasteiger charge is -2.25. The summed E-state index contributed by atoms with van der Waals surface area (Å²) in [5, 5.41) is 3.01. The van der Waals surface area contributed by atoms with Gasteiger partial charge in [-0.1, -0.05) is 18.6 Å². The Bertz CT molecular complexity index is 519. The van der Waals surface area contributed by atoms with Gasteiger partial charge in [0.25, 0.3) is 0 Å². The molecule has 2 unspecified atom stereocenters. The lowest BCUT2D eigenvalue weighted by atomic mass is 9.85. The van der Waals surface area contributed by atoms with Crippen LogP contribution in [0, 0.1) is 5.92 Å². The Hall–Kier alpha value is -1.43. The zero-order valence-corrected chi connectivity index (χ0v) is 14.8. The topological polar surface area (TPSA) is 73.6 Å². The third-order valence-corrected chi connectivity index (χ3v) is 4.23. The fourth-order valence-electron chi connectivity index (χ4n) is 2.98. The molecule has 0 bridgehead atoms. The van der Waals surface area contributed by atoms with Crippen molar-refractivity contribution in [2.75, 3.05) is 18.5 Å². The number of hydrogen-bond acceptors (Lipinski definition) is 4. The highest BCUT2D eigenvalue weighted by Crippen LogP contribution is 2.24. The highest BCUT2D eigenvalue weighted by atomic mass is 16.5. The van der Waals surface area contributed by atoms with Gasteiger partial charge < -0.3 is 20.5 Å². The van der Waals surface area contributed by atoms with Gasteiger partial charge in [0.15, 0.2) is 0 Å². The second kappa shape index (κ2) is 9.77. The second-order valence-electron chi connectivity index (χ2n) is 6.79. The molecule has 5 nitrogen and oxygen atoms in total. The minimum atomic E-state index is 0.0295. The van der Waals surface area contributed by atoms with Crippen molar-refractivity contribution in [1.29, 1.82) is 0 Å². The van der Waals surface area contributed by atoms with E-state index in [2.05, 4.69) is 5.32 Å². The van der Waals surface area contributed by atoms with E-state index in [1.165, 1.54) is 0 Å². The quantitative estimate of drug-likeness (QED) is 0.717. The first-order valence-electron chi connectivity index (χ1n) is 8.89. The second-order valence-corrected chi connectivity index (χ2v) is 6.79. The van der Waals surface area contributed by atoms with Crippen molar-refractivity contribution >= 4 is 11.6 Å². The fraction of sp³-hybridized carbons (Fsp3) is 0.632. The summed E-state index contributed by atoms with van der Waals surface area (Å²) in [6.07, 6.45) is 3.99. The summed E-state index contributed by atoms with van der Waals surface area (Å²) in [5.41, 5.74) is 7.83. The number of nitrogens with two attached hydrogens (primary N) is 1. The molecule has 1 fully saturated rings. The van der Waals surface area contributed by atoms with Crippen molar-refractivity contribution in [1.82, 2.24) is 0 Å². The molecular formula is C19H30N2O3. The number of carbonyl (C=O) groups excluding carboxylic acids is 1. The summed E-state index contributed by atoms with van der Waals surface area (Å²) in [6.45, 7) is 5.68. The molecule has 0 spiro atoms. The van der Waals surface area contributed by atoms with Crippen LogP contribution in [-0.2, 0) is 20.9 Å². The Morgan fingerprint density at radius 3 is 2.92 bits per heavy atom.